The summed E-state index contributed by atoms with van der Waals surface area (Å²) in [6.07, 6.45) is 0. The molecule has 0 spiro atoms. The van der Waals surface area contributed by atoms with Crippen molar-refractivity contribution in [3.05, 3.63) is 28.3 Å². The van der Waals surface area contributed by atoms with Crippen LogP contribution in [0.15, 0.2) is 12.1 Å². The van der Waals surface area contributed by atoms with Gasteiger partial charge in [0.15, 0.2) is 0 Å². The van der Waals surface area contributed by atoms with Gasteiger partial charge in [-0.3, -0.25) is 0 Å². The van der Waals surface area contributed by atoms with Crippen molar-refractivity contribution >= 4 is 24.2 Å². The molecule has 0 saturated carbocycles. The lowest BCUT2D eigenvalue weighted by Crippen LogP contribution is -2.20. The molecule has 0 saturated heterocycles. The third-order valence-corrected chi connectivity index (χ3v) is 2.86. The highest BCUT2D eigenvalue weighted by molar-refractivity contribution is 7.80. The molecule has 1 rings (SSSR count). The van der Waals surface area contributed by atoms with Gasteiger partial charge in [0.1, 0.15) is 5.75 Å². The van der Waals surface area contributed by atoms with Gasteiger partial charge in [-0.2, -0.15) is 12.6 Å². The second-order valence-corrected chi connectivity index (χ2v) is 4.76. The standard InChI is InChI=1S/C12H18ClNOS/c1-9-6-11(13)7-10(12(9)15-3)8-14(2)4-5-16/h6-7,16H,4-5,8H2,1-3H3. The molecule has 2 nitrogen and oxygen atoms in total. The summed E-state index contributed by atoms with van der Waals surface area (Å²) in [5.41, 5.74) is 2.20. The fourth-order valence-corrected chi connectivity index (χ4v) is 2.39. The van der Waals surface area contributed by atoms with Crippen molar-refractivity contribution < 1.29 is 4.74 Å². The number of hydrogen-bond donors (Lipinski definition) is 1. The van der Waals surface area contributed by atoms with Gasteiger partial charge in [0, 0.05) is 29.4 Å². The molecule has 1 aromatic carbocycles. The SMILES string of the molecule is COc1c(C)cc(Cl)cc1CN(C)CCS. The van der Waals surface area contributed by atoms with Crippen LogP contribution in [0.5, 0.6) is 5.75 Å². The van der Waals surface area contributed by atoms with E-state index in [0.717, 1.165) is 40.7 Å². The highest BCUT2D eigenvalue weighted by atomic mass is 35.5. The summed E-state index contributed by atoms with van der Waals surface area (Å²) in [6.45, 7) is 3.77. The maximum Gasteiger partial charge on any atom is 0.126 e. The molecule has 1 aromatic rings. The fraction of sp³-hybridized carbons (Fsp3) is 0.500. The van der Waals surface area contributed by atoms with E-state index < -0.39 is 0 Å². The van der Waals surface area contributed by atoms with Crippen LogP contribution in [0.25, 0.3) is 0 Å². The van der Waals surface area contributed by atoms with Crippen LogP contribution in [0, 0.1) is 6.92 Å². The molecule has 0 bridgehead atoms. The number of halogens is 1. The predicted octanol–water partition coefficient (Wildman–Crippen LogP) is 3.02. The zero-order chi connectivity index (χ0) is 12.1. The first-order valence-corrected chi connectivity index (χ1v) is 6.22. The zero-order valence-electron chi connectivity index (χ0n) is 9.96. The molecular formula is C12H18ClNOS. The molecule has 0 unspecified atom stereocenters. The molecule has 0 aromatic heterocycles. The van der Waals surface area contributed by atoms with E-state index in [-0.39, 0.29) is 0 Å². The van der Waals surface area contributed by atoms with Gasteiger partial charge < -0.3 is 9.64 Å². The van der Waals surface area contributed by atoms with Crippen LogP contribution in [0.2, 0.25) is 5.02 Å². The molecule has 0 heterocycles. The van der Waals surface area contributed by atoms with Crippen LogP contribution < -0.4 is 4.74 Å². The van der Waals surface area contributed by atoms with Gasteiger partial charge in [-0.25, -0.2) is 0 Å². The smallest absolute Gasteiger partial charge is 0.126 e. The Bertz CT molecular complexity index is 357. The van der Waals surface area contributed by atoms with Gasteiger partial charge in [-0.1, -0.05) is 11.6 Å². The summed E-state index contributed by atoms with van der Waals surface area (Å²) in [6, 6.07) is 3.88. The first-order valence-electron chi connectivity index (χ1n) is 5.21. The van der Waals surface area contributed by atoms with Crippen molar-refractivity contribution in [1.29, 1.82) is 0 Å². The van der Waals surface area contributed by atoms with Gasteiger partial charge in [-0.15, -0.1) is 0 Å². The van der Waals surface area contributed by atoms with E-state index in [1.54, 1.807) is 7.11 Å². The van der Waals surface area contributed by atoms with Gasteiger partial charge in [0.05, 0.1) is 7.11 Å². The molecule has 0 atom stereocenters. The van der Waals surface area contributed by atoms with Crippen LogP contribution in [-0.4, -0.2) is 31.4 Å². The molecular weight excluding hydrogens is 242 g/mol. The Balaban J connectivity index is 2.93. The van der Waals surface area contributed by atoms with Crippen LogP contribution >= 0.6 is 24.2 Å². The lowest BCUT2D eigenvalue weighted by atomic mass is 10.1. The van der Waals surface area contributed by atoms with Gasteiger partial charge in [0.2, 0.25) is 0 Å². The molecule has 0 fully saturated rings. The van der Waals surface area contributed by atoms with E-state index >= 15 is 0 Å². The molecule has 90 valence electrons. The summed E-state index contributed by atoms with van der Waals surface area (Å²) in [5, 5.41) is 0.757. The minimum absolute atomic E-state index is 0.757. The lowest BCUT2D eigenvalue weighted by Gasteiger charge is -2.18. The van der Waals surface area contributed by atoms with Crippen LogP contribution in [-0.2, 0) is 6.54 Å². The molecule has 0 aliphatic rings. The largest absolute Gasteiger partial charge is 0.496 e. The minimum atomic E-state index is 0.757. The second-order valence-electron chi connectivity index (χ2n) is 3.88. The van der Waals surface area contributed by atoms with Crippen molar-refractivity contribution in [1.82, 2.24) is 4.90 Å². The summed E-state index contributed by atoms with van der Waals surface area (Å²) in [5.74, 6) is 1.77. The summed E-state index contributed by atoms with van der Waals surface area (Å²) in [7, 11) is 3.75. The van der Waals surface area contributed by atoms with Crippen molar-refractivity contribution in [2.75, 3.05) is 26.5 Å². The molecule has 0 amide bonds. The van der Waals surface area contributed by atoms with Crippen molar-refractivity contribution in [2.45, 2.75) is 13.5 Å². The summed E-state index contributed by atoms with van der Waals surface area (Å²) < 4.78 is 5.41. The van der Waals surface area contributed by atoms with Gasteiger partial charge in [0.25, 0.3) is 0 Å². The van der Waals surface area contributed by atoms with E-state index in [1.807, 2.05) is 19.1 Å². The molecule has 0 aliphatic carbocycles. The fourth-order valence-electron chi connectivity index (χ4n) is 1.75. The molecule has 4 heteroatoms. The van der Waals surface area contributed by atoms with Crippen LogP contribution in [0.4, 0.5) is 0 Å². The van der Waals surface area contributed by atoms with Crippen molar-refractivity contribution in [3.8, 4) is 5.75 Å². The third-order valence-electron chi connectivity index (χ3n) is 2.44. The molecule has 16 heavy (non-hydrogen) atoms. The van der Waals surface area contributed by atoms with Gasteiger partial charge in [-0.05, 0) is 31.7 Å². The minimum Gasteiger partial charge on any atom is -0.496 e. The van der Waals surface area contributed by atoms with Crippen molar-refractivity contribution in [2.24, 2.45) is 0 Å². The van der Waals surface area contributed by atoms with Crippen LogP contribution in [0.3, 0.4) is 0 Å². The lowest BCUT2D eigenvalue weighted by molar-refractivity contribution is 0.335. The topological polar surface area (TPSA) is 12.5 Å². The molecule has 0 radical (unpaired) electrons. The van der Waals surface area contributed by atoms with E-state index in [9.17, 15) is 0 Å². The first kappa shape index (κ1) is 13.7. The Morgan fingerprint density at radius 2 is 2.12 bits per heavy atom. The summed E-state index contributed by atoms with van der Waals surface area (Å²) >= 11 is 10.3. The Kier molecular flexibility index (Phi) is 5.46. The van der Waals surface area contributed by atoms with E-state index in [4.69, 9.17) is 16.3 Å². The second kappa shape index (κ2) is 6.38. The number of benzene rings is 1. The molecule has 0 aliphatic heterocycles. The van der Waals surface area contributed by atoms with Crippen LogP contribution in [0.1, 0.15) is 11.1 Å². The Labute approximate surface area is 108 Å². The average Bonchev–Trinajstić information content (AvgIpc) is 2.17. The predicted molar refractivity (Wildman–Crippen MR) is 72.9 cm³/mol. The van der Waals surface area contributed by atoms with E-state index in [2.05, 4.69) is 24.6 Å². The quantitative estimate of drug-likeness (QED) is 0.817. The average molecular weight is 260 g/mol. The Morgan fingerprint density at radius 3 is 2.69 bits per heavy atom. The first-order chi connectivity index (χ1) is 7.58. The monoisotopic (exact) mass is 259 g/mol. The Morgan fingerprint density at radius 1 is 1.44 bits per heavy atom. The van der Waals surface area contributed by atoms with Gasteiger partial charge >= 0.3 is 0 Å². The normalized spacial score (nSPS) is 10.9. The maximum absolute atomic E-state index is 6.05. The number of thiol groups is 1. The highest BCUT2D eigenvalue weighted by Gasteiger charge is 2.10. The number of rotatable bonds is 5. The molecule has 0 N–H and O–H groups in total. The summed E-state index contributed by atoms with van der Waals surface area (Å²) in [4.78, 5) is 2.20. The number of aryl methyl sites for hydroxylation is 1. The zero-order valence-corrected chi connectivity index (χ0v) is 11.6. The van der Waals surface area contributed by atoms with Crippen molar-refractivity contribution in [3.63, 3.8) is 0 Å². The number of ether oxygens (including phenoxy) is 1. The van der Waals surface area contributed by atoms with E-state index in [0.29, 0.717) is 0 Å². The maximum atomic E-state index is 6.05. The number of nitrogens with zero attached hydrogens (tertiary/aromatic N) is 1. The third kappa shape index (κ3) is 3.58. The highest BCUT2D eigenvalue weighted by Crippen LogP contribution is 2.28. The Hall–Kier alpha value is -0.380. The number of hydrogen-bond acceptors (Lipinski definition) is 3. The van der Waals surface area contributed by atoms with E-state index in [1.165, 1.54) is 0 Å². The number of methoxy groups -OCH3 is 1.